The van der Waals surface area contributed by atoms with Crippen molar-refractivity contribution in [3.05, 3.63) is 46.6 Å². The Morgan fingerprint density at radius 2 is 2.00 bits per heavy atom. The Morgan fingerprint density at radius 1 is 1.21 bits per heavy atom. The molecule has 33 heavy (non-hydrogen) atoms. The van der Waals surface area contributed by atoms with E-state index >= 15 is 0 Å². The fourth-order valence-electron chi connectivity index (χ4n) is 4.26. The molecule has 2 heterocycles. The summed E-state index contributed by atoms with van der Waals surface area (Å²) < 4.78 is 5.47. The van der Waals surface area contributed by atoms with Crippen LogP contribution >= 0.6 is 0 Å². The van der Waals surface area contributed by atoms with Gasteiger partial charge >= 0.3 is 5.97 Å². The monoisotopic (exact) mass is 453 g/mol. The molecule has 0 amide bonds. The topological polar surface area (TPSA) is 102 Å². The molecule has 1 saturated heterocycles. The van der Waals surface area contributed by atoms with Gasteiger partial charge < -0.3 is 21.1 Å². The van der Waals surface area contributed by atoms with Gasteiger partial charge in [-0.1, -0.05) is 44.0 Å². The quantitative estimate of drug-likeness (QED) is 0.329. The molecule has 1 fully saturated rings. The van der Waals surface area contributed by atoms with Crippen LogP contribution in [-0.2, 0) is 22.4 Å². The number of hydrogen-bond acceptors (Lipinski definition) is 7. The molecule has 0 bridgehead atoms. The molecular formula is C26H39N5O2. The fraction of sp³-hybridized carbons (Fsp3) is 0.577. The van der Waals surface area contributed by atoms with Gasteiger partial charge in [-0.2, -0.15) is 4.98 Å². The van der Waals surface area contributed by atoms with Crippen LogP contribution in [0.1, 0.15) is 67.8 Å². The zero-order valence-electron chi connectivity index (χ0n) is 20.2. The van der Waals surface area contributed by atoms with E-state index < -0.39 is 0 Å². The summed E-state index contributed by atoms with van der Waals surface area (Å²) in [5.41, 5.74) is 9.94. The van der Waals surface area contributed by atoms with Gasteiger partial charge in [-0.3, -0.25) is 4.79 Å². The number of anilines is 2. The second-order valence-electron chi connectivity index (χ2n) is 9.02. The minimum Gasteiger partial charge on any atom is -0.465 e. The number of nitrogens with zero attached hydrogens (tertiary/aromatic N) is 2. The number of piperidine rings is 1. The number of carbonyl (C=O) groups excluding carboxylic acids is 1. The molecule has 1 aromatic carbocycles. The number of carbonyl (C=O) groups is 1. The summed E-state index contributed by atoms with van der Waals surface area (Å²) in [4.78, 5) is 21.0. The maximum absolute atomic E-state index is 12.2. The number of nitrogens with one attached hydrogen (secondary N) is 2. The van der Waals surface area contributed by atoms with Gasteiger partial charge in [0.05, 0.1) is 13.0 Å². The average Bonchev–Trinajstić information content (AvgIpc) is 2.80. The highest BCUT2D eigenvalue weighted by Crippen LogP contribution is 2.22. The molecule has 2 aromatic rings. The molecule has 0 spiro atoms. The summed E-state index contributed by atoms with van der Waals surface area (Å²) >= 11 is 0. The van der Waals surface area contributed by atoms with E-state index in [-0.39, 0.29) is 5.97 Å². The molecule has 7 heteroatoms. The van der Waals surface area contributed by atoms with E-state index in [4.69, 9.17) is 10.5 Å². The molecule has 3 rings (SSSR count). The third kappa shape index (κ3) is 8.31. The maximum atomic E-state index is 12.2. The molecular weight excluding hydrogens is 414 g/mol. The van der Waals surface area contributed by atoms with Crippen molar-refractivity contribution in [3.63, 3.8) is 0 Å². The Hall–Kier alpha value is -2.67. The number of aromatic nitrogens is 2. The lowest BCUT2D eigenvalue weighted by Gasteiger charge is -2.22. The lowest BCUT2D eigenvalue weighted by molar-refractivity contribution is -0.143. The van der Waals surface area contributed by atoms with E-state index in [2.05, 4.69) is 39.7 Å². The predicted molar refractivity (Wildman–Crippen MR) is 133 cm³/mol. The Kier molecular flexibility index (Phi) is 9.94. The number of aryl methyl sites for hydroxylation is 1. The van der Waals surface area contributed by atoms with Crippen LogP contribution in [0.4, 0.5) is 11.8 Å². The highest BCUT2D eigenvalue weighted by molar-refractivity contribution is 5.72. The fourth-order valence-corrected chi connectivity index (χ4v) is 4.26. The minimum atomic E-state index is -0.159. The smallest absolute Gasteiger partial charge is 0.310 e. The second-order valence-corrected chi connectivity index (χ2v) is 9.02. The number of benzene rings is 1. The molecule has 7 nitrogen and oxygen atoms in total. The number of hydrogen-bond donors (Lipinski definition) is 3. The summed E-state index contributed by atoms with van der Waals surface area (Å²) in [6.45, 7) is 7.68. The largest absolute Gasteiger partial charge is 0.465 e. The van der Waals surface area contributed by atoms with Crippen LogP contribution < -0.4 is 16.4 Å². The van der Waals surface area contributed by atoms with Crippen molar-refractivity contribution in [2.75, 3.05) is 37.3 Å². The second kappa shape index (κ2) is 13.1. The van der Waals surface area contributed by atoms with E-state index in [0.29, 0.717) is 31.3 Å². The summed E-state index contributed by atoms with van der Waals surface area (Å²) in [6, 6.07) is 8.13. The highest BCUT2D eigenvalue weighted by atomic mass is 16.5. The number of nitrogens with two attached hydrogens (primary N) is 1. The lowest BCUT2D eigenvalue weighted by Crippen LogP contribution is -2.30. The first-order valence-electron chi connectivity index (χ1n) is 12.4. The minimum absolute atomic E-state index is 0.159. The number of unbranched alkanes of at least 4 members (excludes halogenated alkanes) is 2. The molecule has 4 N–H and O–H groups in total. The van der Waals surface area contributed by atoms with E-state index in [9.17, 15) is 4.79 Å². The lowest BCUT2D eigenvalue weighted by atomic mass is 9.97. The van der Waals surface area contributed by atoms with Crippen molar-refractivity contribution < 1.29 is 9.53 Å². The SMILES string of the molecule is CCCCCNc1nc(N)nc(C)c1Cc1ccc(CC(=O)OCCC2CCCNC2)cc1. The third-order valence-electron chi connectivity index (χ3n) is 6.24. The van der Waals surface area contributed by atoms with Gasteiger partial charge in [0, 0.05) is 24.2 Å². The Balaban J connectivity index is 1.52. The number of esters is 1. The van der Waals surface area contributed by atoms with Crippen LogP contribution in [0.2, 0.25) is 0 Å². The van der Waals surface area contributed by atoms with Crippen molar-refractivity contribution >= 4 is 17.7 Å². The van der Waals surface area contributed by atoms with Crippen LogP contribution in [0.15, 0.2) is 24.3 Å². The molecule has 1 aliphatic heterocycles. The van der Waals surface area contributed by atoms with Gasteiger partial charge in [0.15, 0.2) is 0 Å². The number of nitrogen functional groups attached to an aromatic ring is 1. The van der Waals surface area contributed by atoms with Gasteiger partial charge in [0.1, 0.15) is 5.82 Å². The third-order valence-corrected chi connectivity index (χ3v) is 6.24. The molecule has 180 valence electrons. The Bertz CT molecular complexity index is 879. The van der Waals surface area contributed by atoms with Crippen molar-refractivity contribution in [2.45, 2.75) is 65.2 Å². The first-order chi connectivity index (χ1) is 16.0. The normalized spacial score (nSPS) is 15.9. The predicted octanol–water partition coefficient (Wildman–Crippen LogP) is 4.04. The van der Waals surface area contributed by atoms with E-state index in [1.54, 1.807) is 0 Å². The van der Waals surface area contributed by atoms with Crippen LogP contribution in [0.25, 0.3) is 0 Å². The van der Waals surface area contributed by atoms with Crippen molar-refractivity contribution in [2.24, 2.45) is 5.92 Å². The average molecular weight is 454 g/mol. The highest BCUT2D eigenvalue weighted by Gasteiger charge is 2.14. The molecule has 1 aromatic heterocycles. The molecule has 1 aliphatic rings. The summed E-state index contributed by atoms with van der Waals surface area (Å²) in [5.74, 6) is 1.57. The first kappa shape index (κ1) is 25.0. The van der Waals surface area contributed by atoms with Crippen molar-refractivity contribution in [3.8, 4) is 0 Å². The van der Waals surface area contributed by atoms with Gasteiger partial charge in [-0.15, -0.1) is 0 Å². The molecule has 0 aliphatic carbocycles. The van der Waals surface area contributed by atoms with Gasteiger partial charge in [0.2, 0.25) is 5.95 Å². The van der Waals surface area contributed by atoms with E-state index in [1.165, 1.54) is 25.7 Å². The zero-order chi connectivity index (χ0) is 23.5. The standard InChI is InChI=1S/C26H39N5O2/c1-3-4-5-14-29-25-23(19(2)30-26(27)31-25)16-20-8-10-21(11-9-20)17-24(32)33-15-12-22-7-6-13-28-18-22/h8-11,22,28H,3-7,12-18H2,1-2H3,(H3,27,29,30,31). The summed E-state index contributed by atoms with van der Waals surface area (Å²) in [5, 5.41) is 6.84. The summed E-state index contributed by atoms with van der Waals surface area (Å²) in [7, 11) is 0. The van der Waals surface area contributed by atoms with Crippen LogP contribution in [0, 0.1) is 12.8 Å². The summed E-state index contributed by atoms with van der Waals surface area (Å²) in [6.07, 6.45) is 7.85. The Labute approximate surface area is 197 Å². The van der Waals surface area contributed by atoms with E-state index in [0.717, 1.165) is 60.7 Å². The van der Waals surface area contributed by atoms with Crippen LogP contribution in [-0.4, -0.2) is 42.2 Å². The van der Waals surface area contributed by atoms with Crippen molar-refractivity contribution in [1.29, 1.82) is 0 Å². The van der Waals surface area contributed by atoms with Crippen molar-refractivity contribution in [1.82, 2.24) is 15.3 Å². The molecule has 0 radical (unpaired) electrons. The van der Waals surface area contributed by atoms with E-state index in [1.807, 2.05) is 19.1 Å². The number of rotatable bonds is 12. The maximum Gasteiger partial charge on any atom is 0.310 e. The first-order valence-corrected chi connectivity index (χ1v) is 12.4. The number of ether oxygens (including phenoxy) is 1. The van der Waals surface area contributed by atoms with Gasteiger partial charge in [-0.25, -0.2) is 4.98 Å². The zero-order valence-corrected chi connectivity index (χ0v) is 20.2. The molecule has 1 unspecified atom stereocenters. The van der Waals surface area contributed by atoms with Crippen LogP contribution in [0.5, 0.6) is 0 Å². The molecule has 1 atom stereocenters. The van der Waals surface area contributed by atoms with Gasteiger partial charge in [-0.05, 0) is 62.7 Å². The van der Waals surface area contributed by atoms with Gasteiger partial charge in [0.25, 0.3) is 0 Å². The Morgan fingerprint density at radius 3 is 2.73 bits per heavy atom. The van der Waals surface area contributed by atoms with Crippen LogP contribution in [0.3, 0.4) is 0 Å². The molecule has 0 saturated carbocycles.